The van der Waals surface area contributed by atoms with Gasteiger partial charge in [0.1, 0.15) is 43.7 Å². The molecular formula is C18H20Br4O8. The van der Waals surface area contributed by atoms with Crippen LogP contribution in [0.5, 0.6) is 0 Å². The molecule has 4 aliphatic rings. The molecule has 12 heteroatoms. The molecule has 4 aliphatic carbocycles. The van der Waals surface area contributed by atoms with Crippen molar-refractivity contribution in [2.75, 3.05) is 21.3 Å². The van der Waals surface area contributed by atoms with Gasteiger partial charge in [-0.05, 0) is 0 Å². The molecule has 0 saturated heterocycles. The van der Waals surface area contributed by atoms with E-state index in [1.54, 1.807) is 0 Å². The van der Waals surface area contributed by atoms with Crippen molar-refractivity contribution in [1.82, 2.24) is 0 Å². The highest BCUT2D eigenvalue weighted by atomic mass is 79.9. The number of halogens is 4. The van der Waals surface area contributed by atoms with E-state index < -0.39 is 46.3 Å². The Morgan fingerprint density at radius 3 is 0.767 bits per heavy atom. The number of alkyl halides is 4. The van der Waals surface area contributed by atoms with Gasteiger partial charge in [-0.1, -0.05) is 63.7 Å². The monoisotopic (exact) mass is 680 g/mol. The van der Waals surface area contributed by atoms with Crippen molar-refractivity contribution < 1.29 is 38.1 Å². The number of hydrogen-bond acceptors (Lipinski definition) is 8. The summed E-state index contributed by atoms with van der Waals surface area (Å²) in [6.45, 7) is 0. The summed E-state index contributed by atoms with van der Waals surface area (Å²) in [5.41, 5.74) is -4.37. The van der Waals surface area contributed by atoms with E-state index in [2.05, 4.69) is 63.7 Å². The van der Waals surface area contributed by atoms with Crippen molar-refractivity contribution in [3.8, 4) is 0 Å². The van der Waals surface area contributed by atoms with Crippen LogP contribution in [0.1, 0.15) is 38.5 Å². The molecule has 0 atom stereocenters. The van der Waals surface area contributed by atoms with Gasteiger partial charge in [0.25, 0.3) is 0 Å². The van der Waals surface area contributed by atoms with E-state index in [1.165, 1.54) is 0 Å². The number of ether oxygens (including phenoxy) is 4. The lowest BCUT2D eigenvalue weighted by atomic mass is 9.48. The fourth-order valence-corrected chi connectivity index (χ4v) is 6.24. The smallest absolute Gasteiger partial charge is 0.317 e. The number of rotatable bonds is 8. The fourth-order valence-electron chi connectivity index (χ4n) is 5.78. The van der Waals surface area contributed by atoms with Crippen LogP contribution in [0.3, 0.4) is 0 Å². The second kappa shape index (κ2) is 8.97. The van der Waals surface area contributed by atoms with E-state index in [4.69, 9.17) is 18.9 Å². The number of esters is 4. The molecule has 0 amide bonds. The molecule has 0 N–H and O–H groups in total. The number of carbonyl (C=O) groups is 4. The third-order valence-electron chi connectivity index (χ3n) is 5.62. The highest BCUT2D eigenvalue weighted by Crippen LogP contribution is 2.65. The molecule has 0 heterocycles. The van der Waals surface area contributed by atoms with Gasteiger partial charge in [0, 0.05) is 38.5 Å². The molecule has 8 nitrogen and oxygen atoms in total. The first-order chi connectivity index (χ1) is 14.1. The molecule has 4 bridgehead atoms. The second-order valence-electron chi connectivity index (χ2n) is 8.22. The first-order valence-electron chi connectivity index (χ1n) is 9.18. The van der Waals surface area contributed by atoms with E-state index in [9.17, 15) is 19.2 Å². The van der Waals surface area contributed by atoms with Gasteiger partial charge in [0.2, 0.25) is 0 Å². The fraction of sp³-hybridized carbons (Fsp3) is 0.778. The summed E-state index contributed by atoms with van der Waals surface area (Å²) in [6, 6.07) is 0. The Morgan fingerprint density at radius 2 is 0.633 bits per heavy atom. The Balaban J connectivity index is 2.08. The summed E-state index contributed by atoms with van der Waals surface area (Å²) < 4.78 is 23.3. The van der Waals surface area contributed by atoms with Crippen molar-refractivity contribution in [2.24, 2.45) is 0 Å². The summed E-state index contributed by atoms with van der Waals surface area (Å²) in [7, 11) is 0. The molecule has 4 rings (SSSR count). The van der Waals surface area contributed by atoms with Gasteiger partial charge in [-0.25, -0.2) is 0 Å². The van der Waals surface area contributed by atoms with Gasteiger partial charge in [0.05, 0.1) is 0 Å². The average molecular weight is 684 g/mol. The van der Waals surface area contributed by atoms with E-state index in [-0.39, 0.29) is 59.8 Å². The van der Waals surface area contributed by atoms with Crippen LogP contribution in [0.2, 0.25) is 0 Å². The largest absolute Gasteiger partial charge is 0.458 e. The molecular weight excluding hydrogens is 664 g/mol. The zero-order chi connectivity index (χ0) is 22.2. The maximum absolute atomic E-state index is 12.2. The van der Waals surface area contributed by atoms with Crippen molar-refractivity contribution in [1.29, 1.82) is 0 Å². The Hall–Kier alpha value is -0.200. The maximum atomic E-state index is 12.2. The Labute approximate surface area is 206 Å². The first kappa shape index (κ1) is 24.4. The summed E-state index contributed by atoms with van der Waals surface area (Å²) in [5, 5.41) is -0.0900. The molecule has 0 aliphatic heterocycles. The van der Waals surface area contributed by atoms with Crippen molar-refractivity contribution in [3.05, 3.63) is 0 Å². The van der Waals surface area contributed by atoms with E-state index in [1.807, 2.05) is 0 Å². The molecule has 0 aromatic rings. The minimum atomic E-state index is -1.09. The van der Waals surface area contributed by atoms with Crippen LogP contribution in [0.15, 0.2) is 0 Å². The lowest BCUT2D eigenvalue weighted by Crippen LogP contribution is -2.75. The second-order valence-corrected chi connectivity index (χ2v) is 10.5. The van der Waals surface area contributed by atoms with Crippen molar-refractivity contribution >= 4 is 87.6 Å². The van der Waals surface area contributed by atoms with Crippen LogP contribution >= 0.6 is 63.7 Å². The van der Waals surface area contributed by atoms with Gasteiger partial charge in [-0.2, -0.15) is 0 Å². The van der Waals surface area contributed by atoms with Crippen LogP contribution in [-0.2, 0) is 38.1 Å². The van der Waals surface area contributed by atoms with E-state index in [0.717, 1.165) is 0 Å². The summed E-state index contributed by atoms with van der Waals surface area (Å²) in [4.78, 5) is 48.9. The Morgan fingerprint density at radius 1 is 0.467 bits per heavy atom. The van der Waals surface area contributed by atoms with Crippen LogP contribution in [0.4, 0.5) is 0 Å². The first-order valence-corrected chi connectivity index (χ1v) is 13.7. The third kappa shape index (κ3) is 4.91. The molecule has 168 valence electrons. The topological polar surface area (TPSA) is 105 Å². The van der Waals surface area contributed by atoms with Gasteiger partial charge in [-0.3, -0.25) is 19.2 Å². The van der Waals surface area contributed by atoms with Crippen molar-refractivity contribution in [3.63, 3.8) is 0 Å². The van der Waals surface area contributed by atoms with Crippen LogP contribution in [0, 0.1) is 0 Å². The van der Waals surface area contributed by atoms with Gasteiger partial charge in [-0.15, -0.1) is 0 Å². The minimum absolute atomic E-state index is 0.0225. The summed E-state index contributed by atoms with van der Waals surface area (Å²) in [6.07, 6.45) is 1.49. The van der Waals surface area contributed by atoms with Crippen LogP contribution < -0.4 is 0 Å². The highest BCUT2D eigenvalue weighted by molar-refractivity contribution is 9.10. The normalized spacial score (nSPS) is 36.1. The molecule has 0 unspecified atom stereocenters. The molecule has 0 radical (unpaired) electrons. The summed E-state index contributed by atoms with van der Waals surface area (Å²) in [5.74, 6) is -1.99. The lowest BCUT2D eigenvalue weighted by molar-refractivity contribution is -0.307. The van der Waals surface area contributed by atoms with Gasteiger partial charge < -0.3 is 18.9 Å². The molecule has 0 spiro atoms. The van der Waals surface area contributed by atoms with Gasteiger partial charge in [0.15, 0.2) is 0 Å². The molecule has 4 saturated carbocycles. The highest BCUT2D eigenvalue weighted by Gasteiger charge is 2.74. The Kier molecular flexibility index (Phi) is 7.31. The molecule has 0 aromatic heterocycles. The minimum Gasteiger partial charge on any atom is -0.458 e. The predicted molar refractivity (Wildman–Crippen MR) is 118 cm³/mol. The summed E-state index contributed by atoms with van der Waals surface area (Å²) >= 11 is 12.4. The molecule has 0 aromatic carbocycles. The van der Waals surface area contributed by atoms with Crippen LogP contribution in [0.25, 0.3) is 0 Å². The number of carbonyl (C=O) groups excluding carboxylic acids is 4. The SMILES string of the molecule is O=C(CBr)OC12CC3(OC(=O)CBr)CC(OC(=O)CBr)(C1)CC(OC(=O)CBr)(C2)C3. The van der Waals surface area contributed by atoms with Gasteiger partial charge >= 0.3 is 23.9 Å². The predicted octanol–water partition coefficient (Wildman–Crippen LogP) is 3.08. The average Bonchev–Trinajstić information content (AvgIpc) is 2.64. The zero-order valence-corrected chi connectivity index (χ0v) is 22.2. The quantitative estimate of drug-likeness (QED) is 0.219. The standard InChI is InChI=1S/C18H20Br4O8/c19-1-11(23)27-15-5-16(28-12(24)2-20)8-17(6-15,29-13(25)3-21)10-18(7-15,9-16)30-14(26)4-22/h1-10H2. The van der Waals surface area contributed by atoms with Crippen LogP contribution in [-0.4, -0.2) is 67.6 Å². The molecule has 30 heavy (non-hydrogen) atoms. The zero-order valence-electron chi connectivity index (χ0n) is 15.8. The number of hydrogen-bond donors (Lipinski definition) is 0. The Bertz CT molecular complexity index is 597. The third-order valence-corrected chi connectivity index (χ3v) is 7.46. The van der Waals surface area contributed by atoms with E-state index >= 15 is 0 Å². The van der Waals surface area contributed by atoms with Crippen molar-refractivity contribution in [2.45, 2.75) is 60.9 Å². The molecule has 4 fully saturated rings. The van der Waals surface area contributed by atoms with E-state index in [0.29, 0.717) is 0 Å². The maximum Gasteiger partial charge on any atom is 0.317 e. The lowest BCUT2D eigenvalue weighted by Gasteiger charge is -2.66.